The van der Waals surface area contributed by atoms with Gasteiger partial charge in [0.2, 0.25) is 5.91 Å². The lowest BCUT2D eigenvalue weighted by Crippen LogP contribution is -2.54. The molecule has 5 aromatic carbocycles. The van der Waals surface area contributed by atoms with Gasteiger partial charge in [0.05, 0.1) is 17.5 Å². The molecule has 11 heteroatoms. The molecular formula is C37H26N2O9. The third-order valence-electron chi connectivity index (χ3n) is 8.44. The number of imide groups is 1. The van der Waals surface area contributed by atoms with Crippen LogP contribution in [-0.2, 0) is 15.1 Å². The van der Waals surface area contributed by atoms with Crippen LogP contribution < -0.4 is 5.32 Å². The molecule has 4 N–H and O–H groups in total. The highest BCUT2D eigenvalue weighted by Gasteiger charge is 2.44. The summed E-state index contributed by atoms with van der Waals surface area (Å²) >= 11 is 0. The highest BCUT2D eigenvalue weighted by Crippen LogP contribution is 2.38. The van der Waals surface area contributed by atoms with Crippen molar-refractivity contribution in [3.05, 3.63) is 154 Å². The largest absolute Gasteiger partial charge is 0.480 e. The number of carbonyl (C=O) groups excluding carboxylic acids is 3. The Hall–Kier alpha value is -6.62. The Morgan fingerprint density at radius 3 is 1.33 bits per heavy atom. The summed E-state index contributed by atoms with van der Waals surface area (Å²) in [6.45, 7) is 0. The number of benzene rings is 5. The number of hydrogen-bond acceptors (Lipinski definition) is 6. The second kappa shape index (κ2) is 12.3. The summed E-state index contributed by atoms with van der Waals surface area (Å²) in [5, 5.41) is 32.3. The van der Waals surface area contributed by atoms with Gasteiger partial charge in [-0.05, 0) is 41.0 Å². The first-order valence-electron chi connectivity index (χ1n) is 14.7. The maximum absolute atomic E-state index is 14.1. The van der Waals surface area contributed by atoms with Gasteiger partial charge in [-0.2, -0.15) is 0 Å². The molecule has 0 saturated heterocycles. The number of hydrogen-bond donors (Lipinski definition) is 4. The summed E-state index contributed by atoms with van der Waals surface area (Å²) in [6, 6.07) is 29.5. The van der Waals surface area contributed by atoms with Crippen LogP contribution in [0.5, 0.6) is 0 Å². The predicted molar refractivity (Wildman–Crippen MR) is 172 cm³/mol. The fourth-order valence-corrected chi connectivity index (χ4v) is 6.35. The maximum Gasteiger partial charge on any atom is 0.336 e. The number of nitrogens with one attached hydrogen (secondary N) is 1. The maximum atomic E-state index is 14.1. The molecule has 0 radical (unpaired) electrons. The number of aromatic carboxylic acids is 2. The van der Waals surface area contributed by atoms with Crippen LogP contribution in [0.1, 0.15) is 64.5 Å². The van der Waals surface area contributed by atoms with Gasteiger partial charge in [-0.1, -0.05) is 91.0 Å². The van der Waals surface area contributed by atoms with Gasteiger partial charge >= 0.3 is 17.9 Å². The molecule has 6 rings (SSSR count). The van der Waals surface area contributed by atoms with E-state index >= 15 is 0 Å². The van der Waals surface area contributed by atoms with Gasteiger partial charge in [-0.15, -0.1) is 0 Å². The molecule has 0 saturated carbocycles. The first kappa shape index (κ1) is 31.4. The second-order valence-electron chi connectivity index (χ2n) is 11.1. The summed E-state index contributed by atoms with van der Waals surface area (Å²) in [6.07, 6.45) is -0.833. The Bertz CT molecular complexity index is 1970. The van der Waals surface area contributed by atoms with Crippen molar-refractivity contribution in [3.8, 4) is 0 Å². The molecule has 5 aromatic rings. The van der Waals surface area contributed by atoms with Crippen LogP contribution in [0.4, 0.5) is 0 Å². The monoisotopic (exact) mass is 642 g/mol. The molecule has 0 unspecified atom stereocenters. The van der Waals surface area contributed by atoms with E-state index < -0.39 is 64.8 Å². The molecule has 0 fully saturated rings. The van der Waals surface area contributed by atoms with E-state index in [-0.39, 0.29) is 21.9 Å². The minimum Gasteiger partial charge on any atom is -0.480 e. The van der Waals surface area contributed by atoms with Gasteiger partial charge in [0.25, 0.3) is 11.8 Å². The van der Waals surface area contributed by atoms with Crippen molar-refractivity contribution in [2.45, 2.75) is 18.0 Å². The number of amides is 3. The van der Waals surface area contributed by atoms with E-state index in [2.05, 4.69) is 5.32 Å². The number of nitrogens with zero attached hydrogens (tertiary/aromatic N) is 1. The standard InChI is InChI=1S/C37H26N2O9/c40-29(38-37(21-10-4-1-5-11-21,22-12-6-2-7-13-22)23-14-8-3-9-15-23)20-28(36(47)48)39-32(41)24-16-18-26(34(43)44)31-27(35(45)46)19-17-25(30(24)31)33(39)42/h1-19,28H,20H2,(H,38,40)(H,43,44)(H,45,46)(H,47,48)/t28-/m0/s1. The highest BCUT2D eigenvalue weighted by molar-refractivity contribution is 6.30. The lowest BCUT2D eigenvalue weighted by molar-refractivity contribution is -0.144. The van der Waals surface area contributed by atoms with Crippen LogP contribution in [0.25, 0.3) is 10.8 Å². The number of aliphatic carboxylic acids is 1. The zero-order valence-corrected chi connectivity index (χ0v) is 25.0. The van der Waals surface area contributed by atoms with Crippen LogP contribution in [0.2, 0.25) is 0 Å². The predicted octanol–water partition coefficient (Wildman–Crippen LogP) is 4.78. The molecule has 0 bridgehead atoms. The van der Waals surface area contributed by atoms with E-state index in [0.717, 1.165) is 24.3 Å². The van der Waals surface area contributed by atoms with Crippen LogP contribution in [0, 0.1) is 0 Å². The van der Waals surface area contributed by atoms with Crippen LogP contribution in [-0.4, -0.2) is 61.9 Å². The van der Waals surface area contributed by atoms with Gasteiger partial charge in [-0.3, -0.25) is 19.3 Å². The van der Waals surface area contributed by atoms with E-state index in [0.29, 0.717) is 21.6 Å². The summed E-state index contributed by atoms with van der Waals surface area (Å²) < 4.78 is 0. The second-order valence-corrected chi connectivity index (χ2v) is 11.1. The zero-order chi connectivity index (χ0) is 34.2. The van der Waals surface area contributed by atoms with Crippen molar-refractivity contribution in [2.75, 3.05) is 0 Å². The number of rotatable bonds is 10. The molecule has 1 aliphatic heterocycles. The molecule has 1 aliphatic rings. The Morgan fingerprint density at radius 2 is 0.979 bits per heavy atom. The topological polar surface area (TPSA) is 178 Å². The number of carboxylic acids is 3. The highest BCUT2D eigenvalue weighted by atomic mass is 16.4. The smallest absolute Gasteiger partial charge is 0.336 e. The number of carbonyl (C=O) groups is 6. The Labute approximate surface area is 272 Å². The van der Waals surface area contributed by atoms with Crippen molar-refractivity contribution in [3.63, 3.8) is 0 Å². The molecule has 1 heterocycles. The van der Waals surface area contributed by atoms with Gasteiger partial charge in [0.15, 0.2) is 0 Å². The van der Waals surface area contributed by atoms with Crippen molar-refractivity contribution < 1.29 is 44.1 Å². The number of carboxylic acid groups (broad SMARTS) is 3. The quantitative estimate of drug-likeness (QED) is 0.123. The van der Waals surface area contributed by atoms with Crippen molar-refractivity contribution >= 4 is 46.4 Å². The van der Waals surface area contributed by atoms with Crippen molar-refractivity contribution in [2.24, 2.45) is 0 Å². The van der Waals surface area contributed by atoms with E-state index in [1.54, 1.807) is 36.4 Å². The Balaban J connectivity index is 1.44. The van der Waals surface area contributed by atoms with Gasteiger partial charge in [0.1, 0.15) is 11.6 Å². The van der Waals surface area contributed by atoms with Gasteiger partial charge < -0.3 is 20.6 Å². The fourth-order valence-electron chi connectivity index (χ4n) is 6.35. The Kier molecular flexibility index (Phi) is 8.03. The lowest BCUT2D eigenvalue weighted by Gasteiger charge is -2.38. The van der Waals surface area contributed by atoms with Crippen LogP contribution >= 0.6 is 0 Å². The summed E-state index contributed by atoms with van der Waals surface area (Å²) in [4.78, 5) is 79.0. The fraction of sp³-hybridized carbons (Fsp3) is 0.0811. The van der Waals surface area contributed by atoms with E-state index in [1.807, 2.05) is 54.6 Å². The van der Waals surface area contributed by atoms with Crippen LogP contribution in [0.3, 0.4) is 0 Å². The minimum absolute atomic E-state index is 0.217. The van der Waals surface area contributed by atoms with Gasteiger partial charge in [0, 0.05) is 21.9 Å². The summed E-state index contributed by atoms with van der Waals surface area (Å²) in [5.41, 5.74) is -0.757. The SMILES string of the molecule is O=C(C[C@@H](C(=O)O)N1C(=O)c2ccc(C(=O)O)c3c(C(=O)O)ccc(c23)C1=O)NC(c1ccccc1)(c1ccccc1)c1ccccc1. The average molecular weight is 643 g/mol. The van der Waals surface area contributed by atoms with Gasteiger partial charge in [-0.25, -0.2) is 14.4 Å². The first-order valence-corrected chi connectivity index (χ1v) is 14.7. The molecule has 3 amide bonds. The minimum atomic E-state index is -1.98. The molecule has 1 atom stereocenters. The summed E-state index contributed by atoms with van der Waals surface area (Å²) in [5.74, 6) is -7.63. The van der Waals surface area contributed by atoms with E-state index in [4.69, 9.17) is 0 Å². The molecule has 238 valence electrons. The molecule has 11 nitrogen and oxygen atoms in total. The molecule has 0 aromatic heterocycles. The van der Waals surface area contributed by atoms with Crippen molar-refractivity contribution in [1.29, 1.82) is 0 Å². The average Bonchev–Trinajstić information content (AvgIpc) is 3.09. The Morgan fingerprint density at radius 1 is 0.583 bits per heavy atom. The molecule has 48 heavy (non-hydrogen) atoms. The van der Waals surface area contributed by atoms with E-state index in [1.165, 1.54) is 0 Å². The first-order chi connectivity index (χ1) is 23.1. The zero-order valence-electron chi connectivity index (χ0n) is 25.0. The molecule has 0 aliphatic carbocycles. The third kappa shape index (κ3) is 5.13. The van der Waals surface area contributed by atoms with Crippen LogP contribution in [0.15, 0.2) is 115 Å². The normalized spacial score (nSPS) is 13.2. The molecule has 0 spiro atoms. The molecular weight excluding hydrogens is 616 g/mol. The van der Waals surface area contributed by atoms with E-state index in [9.17, 15) is 44.1 Å². The summed E-state index contributed by atoms with van der Waals surface area (Å²) in [7, 11) is 0. The van der Waals surface area contributed by atoms with Crippen molar-refractivity contribution in [1.82, 2.24) is 10.2 Å². The third-order valence-corrected chi connectivity index (χ3v) is 8.44. The lowest BCUT2D eigenvalue weighted by atomic mass is 9.77.